The highest BCUT2D eigenvalue weighted by Crippen LogP contribution is 2.15. The summed E-state index contributed by atoms with van der Waals surface area (Å²) in [6.07, 6.45) is -0.872. The summed E-state index contributed by atoms with van der Waals surface area (Å²) in [5, 5.41) is 11.2. The van der Waals surface area contributed by atoms with Gasteiger partial charge in [-0.05, 0) is 36.6 Å². The molecule has 0 aliphatic rings. The normalized spacial score (nSPS) is 13.2. The van der Waals surface area contributed by atoms with Crippen molar-refractivity contribution in [1.82, 2.24) is 5.32 Å². The second-order valence-corrected chi connectivity index (χ2v) is 9.60. The van der Waals surface area contributed by atoms with Crippen molar-refractivity contribution in [3.05, 3.63) is 24.3 Å². The maximum Gasteiger partial charge on any atom is 0.407 e. The third-order valence-corrected chi connectivity index (χ3v) is 5.93. The molecule has 0 heterocycles. The van der Waals surface area contributed by atoms with Crippen LogP contribution in [0.4, 0.5) is 4.79 Å². The first-order chi connectivity index (χ1) is 12.3. The first-order valence-corrected chi connectivity index (χ1v) is 10.9. The molecule has 0 aliphatic carbocycles. The van der Waals surface area contributed by atoms with E-state index in [1.807, 2.05) is 0 Å². The monoisotopic (exact) mass is 423 g/mol. The Hall–Kier alpha value is -2.18. The van der Waals surface area contributed by atoms with Crippen molar-refractivity contribution in [3.63, 3.8) is 0 Å². The van der Waals surface area contributed by atoms with Gasteiger partial charge in [0.1, 0.15) is 12.6 Å². The first-order valence-electron chi connectivity index (χ1n) is 7.79. The van der Waals surface area contributed by atoms with E-state index in [0.717, 1.165) is 24.3 Å². The average Bonchev–Trinajstić information content (AvgIpc) is 2.52. The van der Waals surface area contributed by atoms with Gasteiger partial charge in [-0.3, -0.25) is 4.55 Å². The van der Waals surface area contributed by atoms with Crippen molar-refractivity contribution < 1.29 is 40.8 Å². The second kappa shape index (κ2) is 9.15. The van der Waals surface area contributed by atoms with E-state index in [9.17, 15) is 26.4 Å². The number of carboxylic acids is 1. The summed E-state index contributed by atoms with van der Waals surface area (Å²) >= 11 is 0. The maximum atomic E-state index is 12.1. The van der Waals surface area contributed by atoms with Crippen LogP contribution in [0.5, 0.6) is 0 Å². The molecule has 1 aromatic rings. The Morgan fingerprint density at radius 2 is 1.59 bits per heavy atom. The van der Waals surface area contributed by atoms with Crippen molar-refractivity contribution in [2.45, 2.75) is 36.1 Å². The van der Waals surface area contributed by atoms with Crippen LogP contribution < -0.4 is 5.32 Å². The van der Waals surface area contributed by atoms with Crippen LogP contribution >= 0.6 is 0 Å². The minimum Gasteiger partial charge on any atom is -0.480 e. The molecule has 1 amide bonds. The maximum absolute atomic E-state index is 12.1. The SMILES string of the molecule is CC(C)C[C@H](NC(=O)OCCS(=O)(=O)c1ccc(S(=O)(=O)O)cc1)C(=O)O. The zero-order chi connectivity index (χ0) is 20.8. The molecule has 10 nitrogen and oxygen atoms in total. The number of alkyl carbamates (subject to hydrolysis) is 1. The lowest BCUT2D eigenvalue weighted by molar-refractivity contribution is -0.139. The fraction of sp³-hybridized carbons (Fsp3) is 0.467. The van der Waals surface area contributed by atoms with E-state index in [1.54, 1.807) is 13.8 Å². The van der Waals surface area contributed by atoms with Crippen LogP contribution in [-0.2, 0) is 29.5 Å². The summed E-state index contributed by atoms with van der Waals surface area (Å²) in [6, 6.07) is 2.71. The summed E-state index contributed by atoms with van der Waals surface area (Å²) in [6.45, 7) is 3.04. The minimum atomic E-state index is -4.44. The van der Waals surface area contributed by atoms with Crippen LogP contribution in [0, 0.1) is 5.92 Å². The van der Waals surface area contributed by atoms with Gasteiger partial charge in [0, 0.05) is 0 Å². The van der Waals surface area contributed by atoms with Crippen LogP contribution in [0.2, 0.25) is 0 Å². The summed E-state index contributed by atoms with van der Waals surface area (Å²) in [7, 11) is -8.32. The molecule has 12 heteroatoms. The molecule has 0 radical (unpaired) electrons. The number of nitrogens with one attached hydrogen (secondary N) is 1. The highest BCUT2D eigenvalue weighted by Gasteiger charge is 2.22. The van der Waals surface area contributed by atoms with Crippen LogP contribution in [0.15, 0.2) is 34.1 Å². The molecule has 0 aromatic heterocycles. The fourth-order valence-electron chi connectivity index (χ4n) is 2.06. The average molecular weight is 423 g/mol. The van der Waals surface area contributed by atoms with E-state index in [-0.39, 0.29) is 17.2 Å². The number of sulfone groups is 1. The molecule has 152 valence electrons. The fourth-order valence-corrected chi connectivity index (χ4v) is 3.63. The van der Waals surface area contributed by atoms with Gasteiger partial charge in [0.15, 0.2) is 9.84 Å². The van der Waals surface area contributed by atoms with E-state index < -0.39 is 55.3 Å². The molecule has 0 spiro atoms. The highest BCUT2D eigenvalue weighted by molar-refractivity contribution is 7.91. The molecule has 0 aliphatic heterocycles. The van der Waals surface area contributed by atoms with Gasteiger partial charge in [-0.15, -0.1) is 0 Å². The summed E-state index contributed by atoms with van der Waals surface area (Å²) in [5.41, 5.74) is 0. The lowest BCUT2D eigenvalue weighted by Gasteiger charge is -2.16. The Morgan fingerprint density at radius 1 is 1.07 bits per heavy atom. The van der Waals surface area contributed by atoms with Gasteiger partial charge in [-0.1, -0.05) is 13.8 Å². The van der Waals surface area contributed by atoms with E-state index >= 15 is 0 Å². The van der Waals surface area contributed by atoms with Gasteiger partial charge in [0.05, 0.1) is 15.5 Å². The van der Waals surface area contributed by atoms with Crippen molar-refractivity contribution >= 4 is 32.0 Å². The number of ether oxygens (including phenoxy) is 1. The molecule has 0 fully saturated rings. The van der Waals surface area contributed by atoms with Crippen LogP contribution in [0.25, 0.3) is 0 Å². The highest BCUT2D eigenvalue weighted by atomic mass is 32.2. The van der Waals surface area contributed by atoms with Gasteiger partial charge >= 0.3 is 12.1 Å². The lowest BCUT2D eigenvalue weighted by Crippen LogP contribution is -2.42. The number of aliphatic carboxylic acids is 1. The predicted octanol–water partition coefficient (Wildman–Crippen LogP) is 0.933. The summed E-state index contributed by atoms with van der Waals surface area (Å²) in [4.78, 5) is 22.0. The van der Waals surface area contributed by atoms with Crippen molar-refractivity contribution in [2.24, 2.45) is 5.92 Å². The van der Waals surface area contributed by atoms with Gasteiger partial charge in [-0.2, -0.15) is 8.42 Å². The van der Waals surface area contributed by atoms with Gasteiger partial charge < -0.3 is 15.2 Å². The number of hydrogen-bond acceptors (Lipinski definition) is 7. The number of benzene rings is 1. The molecule has 0 bridgehead atoms. The molecular formula is C15H21NO9S2. The van der Waals surface area contributed by atoms with E-state index in [1.165, 1.54) is 0 Å². The zero-order valence-corrected chi connectivity index (χ0v) is 16.3. The molecule has 0 unspecified atom stereocenters. The number of carbonyl (C=O) groups excluding carboxylic acids is 1. The quantitative estimate of drug-likeness (QED) is 0.490. The predicted molar refractivity (Wildman–Crippen MR) is 93.7 cm³/mol. The molecule has 1 atom stereocenters. The molecular weight excluding hydrogens is 402 g/mol. The Balaban J connectivity index is 2.64. The van der Waals surface area contributed by atoms with E-state index in [0.29, 0.717) is 0 Å². The van der Waals surface area contributed by atoms with Gasteiger partial charge in [0.25, 0.3) is 10.1 Å². The topological polar surface area (TPSA) is 164 Å². The number of rotatable bonds is 9. The van der Waals surface area contributed by atoms with Crippen LogP contribution in [0.1, 0.15) is 20.3 Å². The van der Waals surface area contributed by atoms with Crippen LogP contribution in [0.3, 0.4) is 0 Å². The number of carbonyl (C=O) groups is 2. The number of carboxylic acid groups (broad SMARTS) is 1. The molecule has 3 N–H and O–H groups in total. The molecule has 27 heavy (non-hydrogen) atoms. The minimum absolute atomic E-state index is 0.0116. The zero-order valence-electron chi connectivity index (χ0n) is 14.7. The van der Waals surface area contributed by atoms with Crippen LogP contribution in [-0.4, -0.2) is 57.0 Å². The largest absolute Gasteiger partial charge is 0.480 e. The molecule has 0 saturated carbocycles. The van der Waals surface area contributed by atoms with Gasteiger partial charge in [-0.25, -0.2) is 18.0 Å². The molecule has 1 rings (SSSR count). The lowest BCUT2D eigenvalue weighted by atomic mass is 10.0. The number of hydrogen-bond donors (Lipinski definition) is 3. The van der Waals surface area contributed by atoms with E-state index in [2.05, 4.69) is 5.32 Å². The Bertz CT molecular complexity index is 874. The smallest absolute Gasteiger partial charge is 0.407 e. The Kier molecular flexibility index (Phi) is 7.75. The number of amides is 1. The third-order valence-electron chi connectivity index (χ3n) is 3.36. The first kappa shape index (κ1) is 22.9. The molecule has 1 aromatic carbocycles. The summed E-state index contributed by atoms with van der Waals surface area (Å²) < 4.78 is 59.7. The standard InChI is InChI=1S/C15H21NO9S2/c1-10(2)9-13(14(17)18)16-15(19)25-7-8-26(20,21)11-3-5-12(6-4-11)27(22,23)24/h3-6,10,13H,7-9H2,1-2H3,(H,16,19)(H,17,18)(H,22,23,24)/t13-/m0/s1. The second-order valence-electron chi connectivity index (χ2n) is 6.07. The van der Waals surface area contributed by atoms with Crippen molar-refractivity contribution in [3.8, 4) is 0 Å². The molecule has 0 saturated heterocycles. The van der Waals surface area contributed by atoms with Crippen molar-refractivity contribution in [2.75, 3.05) is 12.4 Å². The Labute approximate surface area is 157 Å². The van der Waals surface area contributed by atoms with Crippen molar-refractivity contribution in [1.29, 1.82) is 0 Å². The van der Waals surface area contributed by atoms with E-state index in [4.69, 9.17) is 14.4 Å². The summed E-state index contributed by atoms with van der Waals surface area (Å²) in [5.74, 6) is -1.81. The third kappa shape index (κ3) is 7.53. The Morgan fingerprint density at radius 3 is 2.04 bits per heavy atom. The van der Waals surface area contributed by atoms with Gasteiger partial charge in [0.2, 0.25) is 0 Å².